The molecule has 0 aromatic carbocycles. The van der Waals surface area contributed by atoms with Crippen molar-refractivity contribution in [3.8, 4) is 0 Å². The van der Waals surface area contributed by atoms with E-state index in [2.05, 4.69) is 4.90 Å². The van der Waals surface area contributed by atoms with E-state index in [1.54, 1.807) is 0 Å². The second-order valence-electron chi connectivity index (χ2n) is 7.55. The Bertz CT molecular complexity index is 670. The first-order valence-electron chi connectivity index (χ1n) is 8.80. The average Bonchev–Trinajstić information content (AvgIpc) is 3.13. The van der Waals surface area contributed by atoms with Gasteiger partial charge in [-0.3, -0.25) is 14.5 Å². The minimum Gasteiger partial charge on any atom is -0.460 e. The highest BCUT2D eigenvalue weighted by atomic mass is 16.6. The zero-order valence-corrected chi connectivity index (χ0v) is 15.5. The maximum atomic E-state index is 12.8. The number of carbonyl (C=O) groups excluding carboxylic acids is 3. The summed E-state index contributed by atoms with van der Waals surface area (Å²) in [5.74, 6) is -3.37. The molecule has 0 aromatic rings. The van der Waals surface area contributed by atoms with Crippen molar-refractivity contribution in [1.82, 2.24) is 4.90 Å². The van der Waals surface area contributed by atoms with Gasteiger partial charge in [0.2, 0.25) is 0 Å². The van der Waals surface area contributed by atoms with E-state index in [0.29, 0.717) is 13.0 Å². The topological polar surface area (TPSA) is 102 Å². The number of aliphatic hydroxyl groups is 1. The Morgan fingerprint density at radius 1 is 1.38 bits per heavy atom. The van der Waals surface area contributed by atoms with Crippen molar-refractivity contribution < 1.29 is 33.7 Å². The molecule has 144 valence electrons. The highest BCUT2D eigenvalue weighted by molar-refractivity contribution is 5.84. The normalized spacial score (nSPS) is 40.8. The van der Waals surface area contributed by atoms with Crippen LogP contribution in [0.3, 0.4) is 0 Å². The number of hydrogen-bond donors (Lipinski definition) is 1. The Morgan fingerprint density at radius 2 is 2.08 bits per heavy atom. The first kappa shape index (κ1) is 18.8. The van der Waals surface area contributed by atoms with E-state index in [4.69, 9.17) is 14.2 Å². The van der Waals surface area contributed by atoms with Crippen LogP contribution in [0.1, 0.15) is 34.1 Å². The minimum absolute atomic E-state index is 0.00523. The van der Waals surface area contributed by atoms with Gasteiger partial charge in [-0.25, -0.2) is 4.79 Å². The molecule has 0 spiro atoms. The quantitative estimate of drug-likeness (QED) is 0.398. The number of cyclic esters (lactones) is 1. The predicted octanol–water partition coefficient (Wildman–Crippen LogP) is 0.178. The lowest BCUT2D eigenvalue weighted by atomic mass is 9.76. The molecule has 8 heteroatoms. The van der Waals surface area contributed by atoms with Gasteiger partial charge in [0.1, 0.15) is 12.7 Å². The van der Waals surface area contributed by atoms with Gasteiger partial charge < -0.3 is 19.3 Å². The summed E-state index contributed by atoms with van der Waals surface area (Å²) in [5, 5.41) is 10.9. The second kappa shape index (κ2) is 6.35. The smallest absolute Gasteiger partial charge is 0.342 e. The molecule has 0 unspecified atom stereocenters. The van der Waals surface area contributed by atoms with E-state index in [1.807, 2.05) is 6.08 Å². The maximum Gasteiger partial charge on any atom is 0.342 e. The minimum atomic E-state index is -2.23. The SMILES string of the molecule is CC(=O)O[C@@]1(C)[C@@H](C)C(=O)O[C@@H]2CCN3CC=C(COC(=O)[C@@]1(C)O)[C@H]23. The molecule has 0 radical (unpaired) electrons. The van der Waals surface area contributed by atoms with Crippen LogP contribution in [0.4, 0.5) is 0 Å². The summed E-state index contributed by atoms with van der Waals surface area (Å²) in [7, 11) is 0. The third-order valence-electron chi connectivity index (χ3n) is 5.95. The van der Waals surface area contributed by atoms with Crippen LogP contribution in [0.15, 0.2) is 11.6 Å². The lowest BCUT2D eigenvalue weighted by Crippen LogP contribution is -2.63. The van der Waals surface area contributed by atoms with E-state index < -0.39 is 35.0 Å². The van der Waals surface area contributed by atoms with Crippen molar-refractivity contribution >= 4 is 17.9 Å². The van der Waals surface area contributed by atoms with Crippen molar-refractivity contribution in [1.29, 1.82) is 0 Å². The lowest BCUT2D eigenvalue weighted by molar-refractivity contribution is -0.218. The van der Waals surface area contributed by atoms with Crippen LogP contribution in [0, 0.1) is 5.92 Å². The summed E-state index contributed by atoms with van der Waals surface area (Å²) in [4.78, 5) is 39.2. The monoisotopic (exact) mass is 367 g/mol. The Morgan fingerprint density at radius 3 is 2.73 bits per heavy atom. The van der Waals surface area contributed by atoms with Gasteiger partial charge in [-0.1, -0.05) is 6.08 Å². The van der Waals surface area contributed by atoms with Crippen molar-refractivity contribution in [3.05, 3.63) is 11.6 Å². The Kier molecular flexibility index (Phi) is 4.60. The standard InChI is InChI=1S/C18H25NO7/c1-10-15(21)25-13-6-8-19-7-5-12(14(13)19)9-24-16(22)17(3,23)18(10,4)26-11(2)20/h5,10,13-14,23H,6-9H2,1-4H3/t10-,13+,14+,17+,18-/m0/s1. The van der Waals surface area contributed by atoms with Gasteiger partial charge in [-0.15, -0.1) is 0 Å². The zero-order chi connectivity index (χ0) is 19.3. The number of rotatable bonds is 1. The Hall–Kier alpha value is -1.93. The van der Waals surface area contributed by atoms with Crippen molar-refractivity contribution in [2.24, 2.45) is 5.92 Å². The molecule has 0 bridgehead atoms. The maximum absolute atomic E-state index is 12.8. The summed E-state index contributed by atoms with van der Waals surface area (Å²) in [6.07, 6.45) is 2.27. The van der Waals surface area contributed by atoms with Gasteiger partial charge in [0, 0.05) is 20.0 Å². The zero-order valence-electron chi connectivity index (χ0n) is 15.5. The molecule has 0 amide bonds. The molecule has 0 saturated carbocycles. The highest BCUT2D eigenvalue weighted by Crippen LogP contribution is 2.39. The van der Waals surface area contributed by atoms with Gasteiger partial charge in [0.25, 0.3) is 0 Å². The van der Waals surface area contributed by atoms with E-state index in [9.17, 15) is 19.5 Å². The molecule has 2 fully saturated rings. The van der Waals surface area contributed by atoms with E-state index in [1.165, 1.54) is 20.8 Å². The number of carbonyl (C=O) groups is 3. The Balaban J connectivity index is 2.01. The van der Waals surface area contributed by atoms with Gasteiger partial charge in [0.05, 0.1) is 12.0 Å². The largest absolute Gasteiger partial charge is 0.460 e. The summed E-state index contributed by atoms with van der Waals surface area (Å²) < 4.78 is 16.3. The summed E-state index contributed by atoms with van der Waals surface area (Å²) in [6, 6.07) is -0.123. The summed E-state index contributed by atoms with van der Waals surface area (Å²) in [5.41, 5.74) is -3.21. The molecular formula is C18H25NO7. The third kappa shape index (κ3) is 2.81. The molecule has 3 rings (SSSR count). The molecule has 8 nitrogen and oxygen atoms in total. The van der Waals surface area contributed by atoms with Crippen LogP contribution < -0.4 is 0 Å². The molecule has 3 heterocycles. The molecule has 3 aliphatic heterocycles. The van der Waals surface area contributed by atoms with Crippen molar-refractivity contribution in [2.75, 3.05) is 19.7 Å². The van der Waals surface area contributed by atoms with Gasteiger partial charge in [-0.05, 0) is 32.8 Å². The van der Waals surface area contributed by atoms with E-state index >= 15 is 0 Å². The van der Waals surface area contributed by atoms with Gasteiger partial charge >= 0.3 is 17.9 Å². The van der Waals surface area contributed by atoms with Crippen LogP contribution >= 0.6 is 0 Å². The molecule has 2 saturated heterocycles. The lowest BCUT2D eigenvalue weighted by Gasteiger charge is -2.42. The van der Waals surface area contributed by atoms with E-state index in [-0.39, 0.29) is 18.8 Å². The molecule has 0 aliphatic carbocycles. The molecule has 3 aliphatic rings. The van der Waals surface area contributed by atoms with Gasteiger partial charge in [-0.2, -0.15) is 0 Å². The highest BCUT2D eigenvalue weighted by Gasteiger charge is 2.59. The second-order valence-corrected chi connectivity index (χ2v) is 7.55. The Labute approximate surface area is 152 Å². The fraction of sp³-hybridized carbons (Fsp3) is 0.722. The first-order valence-corrected chi connectivity index (χ1v) is 8.80. The third-order valence-corrected chi connectivity index (χ3v) is 5.95. The van der Waals surface area contributed by atoms with Crippen LogP contribution in [0.25, 0.3) is 0 Å². The van der Waals surface area contributed by atoms with Gasteiger partial charge in [0.15, 0.2) is 11.2 Å². The van der Waals surface area contributed by atoms with Crippen molar-refractivity contribution in [2.45, 2.75) is 57.5 Å². The first-order chi connectivity index (χ1) is 12.1. The number of nitrogens with zero attached hydrogens (tertiary/aromatic N) is 1. The number of esters is 3. The molecule has 5 atom stereocenters. The molecule has 1 N–H and O–H groups in total. The predicted molar refractivity (Wildman–Crippen MR) is 88.9 cm³/mol. The van der Waals surface area contributed by atoms with Crippen LogP contribution in [-0.4, -0.2) is 71.0 Å². The molecular weight excluding hydrogens is 342 g/mol. The number of ether oxygens (including phenoxy) is 3. The fourth-order valence-corrected chi connectivity index (χ4v) is 4.00. The molecule has 26 heavy (non-hydrogen) atoms. The van der Waals surface area contributed by atoms with Crippen LogP contribution in [-0.2, 0) is 28.6 Å². The summed E-state index contributed by atoms with van der Waals surface area (Å²) in [6.45, 7) is 6.65. The summed E-state index contributed by atoms with van der Waals surface area (Å²) >= 11 is 0. The van der Waals surface area contributed by atoms with E-state index in [0.717, 1.165) is 19.0 Å². The average molecular weight is 367 g/mol. The number of hydrogen-bond acceptors (Lipinski definition) is 8. The fourth-order valence-electron chi connectivity index (χ4n) is 4.00. The molecule has 0 aromatic heterocycles. The van der Waals surface area contributed by atoms with Crippen LogP contribution in [0.5, 0.6) is 0 Å². The van der Waals surface area contributed by atoms with Crippen LogP contribution in [0.2, 0.25) is 0 Å². The van der Waals surface area contributed by atoms with Crippen molar-refractivity contribution in [3.63, 3.8) is 0 Å².